The van der Waals surface area contributed by atoms with E-state index in [4.69, 9.17) is 29.2 Å². The lowest BCUT2D eigenvalue weighted by Gasteiger charge is -2.41. The van der Waals surface area contributed by atoms with Crippen LogP contribution in [0.3, 0.4) is 0 Å². The zero-order valence-corrected chi connectivity index (χ0v) is 80.0. The first-order valence-corrected chi connectivity index (χ1v) is 47.6. The van der Waals surface area contributed by atoms with Gasteiger partial charge in [-0.25, -0.2) is 13.2 Å². The van der Waals surface area contributed by atoms with Gasteiger partial charge in [0.25, 0.3) is 0 Å². The molecule has 6 aromatic heterocycles. The molecule has 15 rings (SSSR count). The van der Waals surface area contributed by atoms with Gasteiger partial charge in [-0.15, -0.1) is 0 Å². The van der Waals surface area contributed by atoms with Crippen molar-refractivity contribution in [3.8, 4) is 0 Å². The van der Waals surface area contributed by atoms with Crippen molar-refractivity contribution in [3.05, 3.63) is 143 Å². The van der Waals surface area contributed by atoms with Crippen LogP contribution in [0.5, 0.6) is 0 Å². The third-order valence-electron chi connectivity index (χ3n) is 25.7. The lowest BCUT2D eigenvalue weighted by atomic mass is 10.0. The maximum atomic E-state index is 13.4. The zero-order chi connectivity index (χ0) is 90.7. The number of nitrogens with zero attached hydrogens (tertiary/aromatic N) is 18. The van der Waals surface area contributed by atoms with Gasteiger partial charge in [0.05, 0.1) is 109 Å². The van der Waals surface area contributed by atoms with Crippen LogP contribution in [0.25, 0.3) is 0 Å². The van der Waals surface area contributed by atoms with Gasteiger partial charge in [-0.05, 0) is 208 Å². The molecule has 0 amide bonds. The molecule has 132 heavy (non-hydrogen) atoms. The Kier molecular flexibility index (Phi) is 52.0. The van der Waals surface area contributed by atoms with Gasteiger partial charge in [-0.1, -0.05) is 128 Å². The van der Waals surface area contributed by atoms with Crippen molar-refractivity contribution in [3.63, 3.8) is 0 Å². The quantitative estimate of drug-likeness (QED) is 0.0613. The molecule has 9 saturated heterocycles. The Morgan fingerprint density at radius 1 is 0.303 bits per heavy atom. The summed E-state index contributed by atoms with van der Waals surface area (Å²) in [6.45, 7) is 49.7. The standard InChI is InChI=1S/3C17H27N3O.3C16H26FN3O.6CH4/c3*1-14(2)17-6-5-15(12-18-17)20-7-3-4-16(13-20)19-8-10-21-11-9-19;3*1-11(2)13-5-6-15(14(18-13)9-19(3)4)20-8-7-12(17)16(21)10-20;;;;;;/h3*5-6,12,14,16H,3-4,7-11,13H2,1-2H3;3*5-6,11-12,16,21H,7-10H2,1-4H3;6*1H4/t2*16-;;12-,16+;12-,16-;;;;;;;/m10.01......./s1. The Morgan fingerprint density at radius 3 is 0.727 bits per heavy atom. The van der Waals surface area contributed by atoms with Gasteiger partial charge in [0.15, 0.2) is 0 Å². The number of pyridine rings is 6. The number of piperidine rings is 6. The Labute approximate surface area is 799 Å². The fraction of sp³-hybridized carbons (Fsp3) is 0.714. The molecule has 9 aliphatic heterocycles. The second-order valence-electron chi connectivity index (χ2n) is 38.7. The minimum atomic E-state index is -1.11. The largest absolute Gasteiger partial charge is 0.388 e. The highest BCUT2D eigenvalue weighted by Crippen LogP contribution is 2.34. The van der Waals surface area contributed by atoms with Crippen LogP contribution in [0.1, 0.15) is 272 Å². The smallest absolute Gasteiger partial charge is 0.129 e. The third kappa shape index (κ3) is 35.5. The summed E-state index contributed by atoms with van der Waals surface area (Å²) in [7, 11) is 12.1. The average molecular weight is 1850 g/mol. The SMILES string of the molecule is C.C.C.C.C.C.CC(C)c1ccc(N2CCC(F)C(O)C2)c(CN(C)C)n1.CC(C)c1ccc(N2CCCC(N3CCOCC3)C2)cn1.CC(C)c1ccc(N2CCC[C@@H](N3CCOCC3)C2)cn1.CC(C)c1ccc(N2CCC[C@H](N3CCOCC3)C2)cn1.CC(C)c1ccc(N2CC[C@@H](F)[C@H](O)C2)c(CN(C)C)n1.CC(C)c1ccc(N2CC[C@H](F)[C@H](O)C2)c(CN(C)C)n1. The van der Waals surface area contributed by atoms with Gasteiger partial charge in [0.1, 0.15) is 36.8 Å². The maximum Gasteiger partial charge on any atom is 0.129 e. The summed E-state index contributed by atoms with van der Waals surface area (Å²) >= 11 is 0. The van der Waals surface area contributed by atoms with Gasteiger partial charge in [-0.3, -0.25) is 44.6 Å². The van der Waals surface area contributed by atoms with Crippen molar-refractivity contribution < 1.29 is 42.7 Å². The molecule has 24 nitrogen and oxygen atoms in total. The number of rotatable bonds is 21. The second-order valence-corrected chi connectivity index (χ2v) is 38.7. The van der Waals surface area contributed by atoms with Crippen molar-refractivity contribution in [2.45, 2.75) is 296 Å². The summed E-state index contributed by atoms with van der Waals surface area (Å²) in [6, 6.07) is 27.6. The van der Waals surface area contributed by atoms with E-state index in [-0.39, 0.29) is 44.6 Å². The van der Waals surface area contributed by atoms with Crippen LogP contribution in [0.4, 0.5) is 47.3 Å². The van der Waals surface area contributed by atoms with E-state index in [9.17, 15) is 28.5 Å². The molecule has 0 radical (unpaired) electrons. The molecule has 0 bridgehead atoms. The topological polar surface area (TPSA) is 205 Å². The number of aromatic nitrogens is 6. The van der Waals surface area contributed by atoms with E-state index in [0.29, 0.717) is 112 Å². The molecular weight excluding hydrogens is 1670 g/mol. The first-order valence-electron chi connectivity index (χ1n) is 47.6. The lowest BCUT2D eigenvalue weighted by Crippen LogP contribution is -2.51. The van der Waals surface area contributed by atoms with E-state index >= 15 is 0 Å². The van der Waals surface area contributed by atoms with E-state index in [2.05, 4.69) is 230 Å². The highest BCUT2D eigenvalue weighted by molar-refractivity contribution is 5.55. The van der Waals surface area contributed by atoms with Crippen molar-refractivity contribution >= 4 is 34.1 Å². The predicted molar refractivity (Wildman–Crippen MR) is 549 cm³/mol. The maximum absolute atomic E-state index is 13.4. The lowest BCUT2D eigenvalue weighted by molar-refractivity contribution is 0.0137. The number of alkyl halides is 3. The van der Waals surface area contributed by atoms with Gasteiger partial charge >= 0.3 is 0 Å². The molecule has 15 heterocycles. The van der Waals surface area contributed by atoms with Crippen molar-refractivity contribution in [1.29, 1.82) is 0 Å². The van der Waals surface area contributed by atoms with Gasteiger partial charge in [-0.2, -0.15) is 0 Å². The van der Waals surface area contributed by atoms with Crippen LogP contribution in [0, 0.1) is 0 Å². The Bertz CT molecular complexity index is 3690. The molecule has 9 atom stereocenters. The fourth-order valence-electron chi connectivity index (χ4n) is 18.0. The van der Waals surface area contributed by atoms with Crippen molar-refractivity contribution in [2.24, 2.45) is 0 Å². The summed E-state index contributed by atoms with van der Waals surface area (Å²) in [4.78, 5) is 55.9. The van der Waals surface area contributed by atoms with E-state index in [1.807, 2.05) is 60.5 Å². The van der Waals surface area contributed by atoms with E-state index in [0.717, 1.165) is 189 Å². The summed E-state index contributed by atoms with van der Waals surface area (Å²) in [5, 5.41) is 29.3. The van der Waals surface area contributed by atoms with Gasteiger partial charge in [0.2, 0.25) is 0 Å². The van der Waals surface area contributed by atoms with Crippen LogP contribution < -0.4 is 29.4 Å². The van der Waals surface area contributed by atoms with Crippen LogP contribution >= 0.6 is 0 Å². The summed E-state index contributed by atoms with van der Waals surface area (Å²) in [5.41, 5.74) is 16.6. The number of anilines is 6. The van der Waals surface area contributed by atoms with Crippen LogP contribution in [0.15, 0.2) is 91.4 Å². The predicted octanol–water partition coefficient (Wildman–Crippen LogP) is 17.9. The molecule has 3 N–H and O–H groups in total. The number of aliphatic hydroxyl groups excluding tert-OH is 3. The zero-order valence-electron chi connectivity index (χ0n) is 80.0. The summed E-state index contributed by atoms with van der Waals surface area (Å²) in [5.74, 6) is 2.64. The van der Waals surface area contributed by atoms with Crippen LogP contribution in [-0.2, 0) is 33.8 Å². The van der Waals surface area contributed by atoms with E-state index in [1.54, 1.807) is 0 Å². The fourth-order valence-corrected chi connectivity index (χ4v) is 18.0. The first-order chi connectivity index (χ1) is 60.4. The first kappa shape index (κ1) is 117. The minimum absolute atomic E-state index is 0. The number of aliphatic hydroxyl groups is 3. The van der Waals surface area contributed by atoms with E-state index in [1.165, 1.54) is 72.7 Å². The average Bonchev–Trinajstić information content (AvgIpc) is 0.838. The Hall–Kier alpha value is -6.99. The van der Waals surface area contributed by atoms with E-state index < -0.39 is 36.8 Å². The van der Waals surface area contributed by atoms with Gasteiger partial charge in [0, 0.05) is 190 Å². The Morgan fingerprint density at radius 2 is 0.530 bits per heavy atom. The third-order valence-corrected chi connectivity index (χ3v) is 25.7. The monoisotopic (exact) mass is 1850 g/mol. The molecule has 27 heteroatoms. The molecule has 6 aromatic rings. The molecule has 750 valence electrons. The molecule has 0 saturated carbocycles. The van der Waals surface area contributed by atoms with Gasteiger partial charge < -0.3 is 73.6 Å². The minimum Gasteiger partial charge on any atom is -0.388 e. The number of halogens is 3. The second kappa shape index (κ2) is 58.6. The normalized spacial score (nSPS) is 22.8. The number of β-amino-alcohol motifs (C(OH)–C–C–N with tert-alkyl or cyclic N) is 3. The number of ether oxygens (including phenoxy) is 3. The Balaban J connectivity index is 0.000000328. The number of hydrogen-bond donors (Lipinski definition) is 3. The molecule has 0 aliphatic carbocycles. The van der Waals surface area contributed by atoms with Crippen LogP contribution in [-0.4, -0.2) is 329 Å². The number of hydrogen-bond acceptors (Lipinski definition) is 24. The summed E-state index contributed by atoms with van der Waals surface area (Å²) in [6.07, 6.45) is 8.97. The molecule has 9 fully saturated rings. The summed E-state index contributed by atoms with van der Waals surface area (Å²) < 4.78 is 56.8. The van der Waals surface area contributed by atoms with Crippen molar-refractivity contribution in [1.82, 2.24) is 59.3 Å². The molecule has 3 unspecified atom stereocenters. The highest BCUT2D eigenvalue weighted by Gasteiger charge is 2.35. The molecule has 0 aromatic carbocycles. The highest BCUT2D eigenvalue weighted by atomic mass is 19.1. The molecule has 0 spiro atoms. The van der Waals surface area contributed by atoms with Crippen LogP contribution in [0.2, 0.25) is 0 Å². The molecule has 9 aliphatic rings. The van der Waals surface area contributed by atoms with Crippen molar-refractivity contribution in [2.75, 3.05) is 229 Å². The molecular formula is C105H183F3N18O6. The number of morpholine rings is 3.